The van der Waals surface area contributed by atoms with E-state index in [0.717, 1.165) is 12.7 Å². The van der Waals surface area contributed by atoms with Crippen molar-refractivity contribution in [2.45, 2.75) is 34.1 Å². The van der Waals surface area contributed by atoms with Crippen LogP contribution in [0.3, 0.4) is 0 Å². The largest absolute Gasteiger partial charge is 0.303 e. The Kier molecular flexibility index (Phi) is 3.68. The predicted molar refractivity (Wildman–Crippen MR) is 60.0 cm³/mol. The van der Waals surface area contributed by atoms with Gasteiger partial charge in [0.15, 0.2) is 0 Å². The molecule has 0 aromatic heterocycles. The SMILES string of the molecule is CC(C)=C[C@@H]1C=C(C)[C@@H](C)C[C@@H]1C=O. The molecule has 14 heavy (non-hydrogen) atoms. The smallest absolute Gasteiger partial charge is 0.123 e. The van der Waals surface area contributed by atoms with Crippen LogP contribution in [-0.2, 0) is 4.79 Å². The number of aldehydes is 1. The van der Waals surface area contributed by atoms with Crippen molar-refractivity contribution in [1.29, 1.82) is 0 Å². The van der Waals surface area contributed by atoms with Gasteiger partial charge < -0.3 is 4.79 Å². The van der Waals surface area contributed by atoms with Gasteiger partial charge in [0.1, 0.15) is 6.29 Å². The lowest BCUT2D eigenvalue weighted by atomic mass is 9.76. The fourth-order valence-corrected chi connectivity index (χ4v) is 2.05. The van der Waals surface area contributed by atoms with Gasteiger partial charge in [-0.1, -0.05) is 30.2 Å². The van der Waals surface area contributed by atoms with Crippen LogP contribution >= 0.6 is 0 Å². The molecule has 0 unspecified atom stereocenters. The summed E-state index contributed by atoms with van der Waals surface area (Å²) >= 11 is 0. The molecule has 0 spiro atoms. The Morgan fingerprint density at radius 3 is 2.64 bits per heavy atom. The molecule has 78 valence electrons. The van der Waals surface area contributed by atoms with Crippen LogP contribution < -0.4 is 0 Å². The Morgan fingerprint density at radius 1 is 1.50 bits per heavy atom. The molecule has 1 aliphatic rings. The third kappa shape index (κ3) is 2.57. The number of carbonyl (C=O) groups excluding carboxylic acids is 1. The van der Waals surface area contributed by atoms with Crippen molar-refractivity contribution >= 4 is 6.29 Å². The van der Waals surface area contributed by atoms with Gasteiger partial charge >= 0.3 is 0 Å². The van der Waals surface area contributed by atoms with E-state index in [-0.39, 0.29) is 5.92 Å². The number of hydrogen-bond donors (Lipinski definition) is 0. The molecule has 3 atom stereocenters. The lowest BCUT2D eigenvalue weighted by Gasteiger charge is -2.28. The highest BCUT2D eigenvalue weighted by molar-refractivity contribution is 5.56. The first-order valence-corrected chi connectivity index (χ1v) is 5.33. The third-order valence-corrected chi connectivity index (χ3v) is 3.05. The molecule has 0 N–H and O–H groups in total. The van der Waals surface area contributed by atoms with Crippen molar-refractivity contribution in [1.82, 2.24) is 0 Å². The molecule has 0 fully saturated rings. The van der Waals surface area contributed by atoms with Crippen LogP contribution in [0.2, 0.25) is 0 Å². The Balaban J connectivity index is 2.90. The van der Waals surface area contributed by atoms with Gasteiger partial charge in [-0.15, -0.1) is 0 Å². The molecule has 0 bridgehead atoms. The molecule has 0 aliphatic heterocycles. The quantitative estimate of drug-likeness (QED) is 0.484. The zero-order valence-electron chi connectivity index (χ0n) is 9.58. The first-order chi connectivity index (χ1) is 6.54. The monoisotopic (exact) mass is 192 g/mol. The van der Waals surface area contributed by atoms with Crippen molar-refractivity contribution in [2.24, 2.45) is 17.8 Å². The lowest BCUT2D eigenvalue weighted by molar-refractivity contribution is -0.112. The average Bonchev–Trinajstić information content (AvgIpc) is 2.10. The van der Waals surface area contributed by atoms with Crippen LogP contribution in [0.1, 0.15) is 34.1 Å². The highest BCUT2D eigenvalue weighted by atomic mass is 16.1. The highest BCUT2D eigenvalue weighted by Crippen LogP contribution is 2.32. The van der Waals surface area contributed by atoms with E-state index in [9.17, 15) is 4.79 Å². The van der Waals surface area contributed by atoms with Gasteiger partial charge in [0.25, 0.3) is 0 Å². The van der Waals surface area contributed by atoms with Crippen molar-refractivity contribution in [3.63, 3.8) is 0 Å². The Labute approximate surface area is 86.9 Å². The predicted octanol–water partition coefficient (Wildman–Crippen LogP) is 3.37. The van der Waals surface area contributed by atoms with Crippen LogP contribution in [0.25, 0.3) is 0 Å². The summed E-state index contributed by atoms with van der Waals surface area (Å²) in [6, 6.07) is 0. The fraction of sp³-hybridized carbons (Fsp3) is 0.615. The second-order valence-electron chi connectivity index (χ2n) is 4.67. The Bertz CT molecular complexity index is 269. The zero-order chi connectivity index (χ0) is 10.7. The summed E-state index contributed by atoms with van der Waals surface area (Å²) in [5.74, 6) is 1.07. The van der Waals surface area contributed by atoms with E-state index in [0.29, 0.717) is 11.8 Å². The first-order valence-electron chi connectivity index (χ1n) is 5.33. The fourth-order valence-electron chi connectivity index (χ4n) is 2.05. The van der Waals surface area contributed by atoms with Gasteiger partial charge in [-0.25, -0.2) is 0 Å². The van der Waals surface area contributed by atoms with Crippen LogP contribution in [0.4, 0.5) is 0 Å². The summed E-state index contributed by atoms with van der Waals surface area (Å²) in [5, 5.41) is 0. The molecule has 1 heteroatoms. The summed E-state index contributed by atoms with van der Waals surface area (Å²) in [6.45, 7) is 8.53. The van der Waals surface area contributed by atoms with E-state index < -0.39 is 0 Å². The molecule has 0 aromatic carbocycles. The van der Waals surface area contributed by atoms with E-state index in [4.69, 9.17) is 0 Å². The minimum absolute atomic E-state index is 0.184. The minimum Gasteiger partial charge on any atom is -0.303 e. The molecule has 0 aromatic rings. The number of allylic oxidation sites excluding steroid dienone is 4. The maximum Gasteiger partial charge on any atom is 0.123 e. The van der Waals surface area contributed by atoms with E-state index >= 15 is 0 Å². The Morgan fingerprint density at radius 2 is 2.14 bits per heavy atom. The standard InChI is InChI=1S/C13H20O/c1-9(2)5-12-6-10(3)11(4)7-13(12)8-14/h5-6,8,11-13H,7H2,1-4H3/t11-,12+,13+/m0/s1. The normalized spacial score (nSPS) is 32.0. The van der Waals surface area contributed by atoms with Crippen molar-refractivity contribution < 1.29 is 4.79 Å². The van der Waals surface area contributed by atoms with Crippen LogP contribution in [-0.4, -0.2) is 6.29 Å². The van der Waals surface area contributed by atoms with Gasteiger partial charge in [-0.3, -0.25) is 0 Å². The lowest BCUT2D eigenvalue weighted by Crippen LogP contribution is -2.22. The zero-order valence-corrected chi connectivity index (χ0v) is 9.58. The summed E-state index contributed by atoms with van der Waals surface area (Å²) < 4.78 is 0. The molecular formula is C13H20O. The van der Waals surface area contributed by atoms with Gasteiger partial charge in [0.05, 0.1) is 0 Å². The van der Waals surface area contributed by atoms with E-state index in [1.807, 2.05) is 0 Å². The van der Waals surface area contributed by atoms with Crippen molar-refractivity contribution in [3.8, 4) is 0 Å². The molecule has 1 nitrogen and oxygen atoms in total. The molecule has 0 radical (unpaired) electrons. The van der Waals surface area contributed by atoms with Gasteiger partial charge in [0, 0.05) is 11.8 Å². The molecule has 0 saturated carbocycles. The van der Waals surface area contributed by atoms with Crippen LogP contribution in [0.15, 0.2) is 23.3 Å². The maximum atomic E-state index is 10.9. The topological polar surface area (TPSA) is 17.1 Å². The van der Waals surface area contributed by atoms with Gasteiger partial charge in [-0.2, -0.15) is 0 Å². The minimum atomic E-state index is 0.184. The van der Waals surface area contributed by atoms with E-state index in [2.05, 4.69) is 39.8 Å². The Hall–Kier alpha value is -0.850. The van der Waals surface area contributed by atoms with Crippen molar-refractivity contribution in [2.75, 3.05) is 0 Å². The molecular weight excluding hydrogens is 172 g/mol. The number of carbonyl (C=O) groups is 1. The summed E-state index contributed by atoms with van der Waals surface area (Å²) in [4.78, 5) is 10.9. The molecule has 1 rings (SSSR count). The summed E-state index contributed by atoms with van der Waals surface area (Å²) in [6.07, 6.45) is 6.57. The average molecular weight is 192 g/mol. The number of hydrogen-bond acceptors (Lipinski definition) is 1. The van der Waals surface area contributed by atoms with Crippen LogP contribution in [0, 0.1) is 17.8 Å². The summed E-state index contributed by atoms with van der Waals surface area (Å²) in [7, 11) is 0. The van der Waals surface area contributed by atoms with Gasteiger partial charge in [0.2, 0.25) is 0 Å². The highest BCUT2D eigenvalue weighted by Gasteiger charge is 2.25. The first kappa shape index (κ1) is 11.2. The molecule has 0 heterocycles. The molecule has 1 aliphatic carbocycles. The maximum absolute atomic E-state index is 10.9. The molecule has 0 amide bonds. The second kappa shape index (κ2) is 4.59. The summed E-state index contributed by atoms with van der Waals surface area (Å²) in [5.41, 5.74) is 2.71. The molecule has 0 saturated heterocycles. The number of rotatable bonds is 2. The third-order valence-electron chi connectivity index (χ3n) is 3.05. The van der Waals surface area contributed by atoms with E-state index in [1.165, 1.54) is 11.1 Å². The van der Waals surface area contributed by atoms with Crippen LogP contribution in [0.5, 0.6) is 0 Å². The van der Waals surface area contributed by atoms with Gasteiger partial charge in [-0.05, 0) is 33.1 Å². The second-order valence-corrected chi connectivity index (χ2v) is 4.67. The van der Waals surface area contributed by atoms with Crippen molar-refractivity contribution in [3.05, 3.63) is 23.3 Å². The van der Waals surface area contributed by atoms with E-state index in [1.54, 1.807) is 0 Å².